The maximum atomic E-state index is 12.9. The van der Waals surface area contributed by atoms with E-state index in [0.717, 1.165) is 0 Å². The zero-order valence-electron chi connectivity index (χ0n) is 9.99. The normalized spacial score (nSPS) is 12.1. The van der Waals surface area contributed by atoms with Crippen LogP contribution < -0.4 is 10.5 Å². The molecule has 0 amide bonds. The number of benzene rings is 1. The van der Waals surface area contributed by atoms with Crippen LogP contribution in [0.15, 0.2) is 27.6 Å². The molecule has 110 valence electrons. The number of nitrogens with one attached hydrogen (secondary N) is 1. The van der Waals surface area contributed by atoms with Gasteiger partial charge in [-0.15, -0.1) is 12.4 Å². The zero-order chi connectivity index (χ0) is 14.0. The Morgan fingerprint density at radius 2 is 2.00 bits per heavy atom. The minimum atomic E-state index is -3.99. The van der Waals surface area contributed by atoms with E-state index in [1.54, 1.807) is 19.1 Å². The monoisotopic (exact) mass is 378 g/mol. The van der Waals surface area contributed by atoms with Gasteiger partial charge in [0, 0.05) is 4.47 Å². The van der Waals surface area contributed by atoms with Crippen LogP contribution in [0.2, 0.25) is 0 Å². The van der Waals surface area contributed by atoms with Gasteiger partial charge in [-0.2, -0.15) is 0 Å². The van der Waals surface area contributed by atoms with Gasteiger partial charge in [-0.25, -0.2) is 21.9 Å². The molecule has 0 heterocycles. The number of hydrogen-bond acceptors (Lipinski definition) is 3. The van der Waals surface area contributed by atoms with Crippen LogP contribution in [-0.2, 0) is 10.0 Å². The maximum absolute atomic E-state index is 12.9. The summed E-state index contributed by atoms with van der Waals surface area (Å²) in [4.78, 5) is -0.0738. The fourth-order valence-corrected chi connectivity index (χ4v) is 3.28. The van der Waals surface area contributed by atoms with Gasteiger partial charge in [-0.05, 0) is 40.5 Å². The lowest BCUT2D eigenvalue weighted by atomic mass is 10.2. The van der Waals surface area contributed by atoms with Crippen LogP contribution >= 0.6 is 28.3 Å². The summed E-state index contributed by atoms with van der Waals surface area (Å²) < 4.78 is 51.7. The molecule has 0 bridgehead atoms. The topological polar surface area (TPSA) is 72.2 Å². The highest BCUT2D eigenvalue weighted by Gasteiger charge is 2.30. The Hall–Kier alpha value is -0.280. The zero-order valence-corrected chi connectivity index (χ0v) is 13.2. The first-order chi connectivity index (χ1) is 8.18. The summed E-state index contributed by atoms with van der Waals surface area (Å²) in [6.45, 7) is -0.226. The number of nitrogens with two attached hydrogens (primary N) is 1. The Kier molecular flexibility index (Phi) is 6.84. The Balaban J connectivity index is 0.00000324. The van der Waals surface area contributed by atoms with E-state index >= 15 is 0 Å². The van der Waals surface area contributed by atoms with Gasteiger partial charge in [-0.3, -0.25) is 0 Å². The van der Waals surface area contributed by atoms with E-state index in [1.165, 1.54) is 6.07 Å². The summed E-state index contributed by atoms with van der Waals surface area (Å²) in [5.41, 5.74) is 5.55. The van der Waals surface area contributed by atoms with Crippen molar-refractivity contribution in [1.29, 1.82) is 0 Å². The number of sulfonamides is 1. The number of hydrogen-bond donors (Lipinski definition) is 2. The molecule has 0 aliphatic heterocycles. The second kappa shape index (κ2) is 6.94. The van der Waals surface area contributed by atoms with Gasteiger partial charge in [-0.1, -0.05) is 6.07 Å². The number of halogens is 4. The molecule has 1 aromatic rings. The molecular formula is C10H14BrClF2N2O2S. The average molecular weight is 380 g/mol. The Labute approximate surface area is 125 Å². The predicted molar refractivity (Wildman–Crippen MR) is 75.3 cm³/mol. The molecular weight excluding hydrogens is 366 g/mol. The molecule has 0 aliphatic carbocycles. The maximum Gasteiger partial charge on any atom is 0.273 e. The Bertz CT molecular complexity index is 540. The Morgan fingerprint density at radius 1 is 1.42 bits per heavy atom. The molecule has 0 saturated heterocycles. The molecule has 19 heavy (non-hydrogen) atoms. The second-order valence-electron chi connectivity index (χ2n) is 3.82. The molecule has 0 aromatic heterocycles. The Morgan fingerprint density at radius 3 is 2.53 bits per heavy atom. The predicted octanol–water partition coefficient (Wildman–Crippen LogP) is 2.05. The quantitative estimate of drug-likeness (QED) is 0.822. The van der Waals surface area contributed by atoms with Crippen LogP contribution in [0.5, 0.6) is 0 Å². The molecule has 0 unspecified atom stereocenters. The summed E-state index contributed by atoms with van der Waals surface area (Å²) in [6.07, 6.45) is 0. The van der Waals surface area contributed by atoms with Gasteiger partial charge in [0.15, 0.2) is 0 Å². The van der Waals surface area contributed by atoms with Crippen LogP contribution in [0.25, 0.3) is 0 Å². The van der Waals surface area contributed by atoms with Crippen molar-refractivity contribution in [3.05, 3.63) is 28.2 Å². The molecule has 0 atom stereocenters. The van der Waals surface area contributed by atoms with Gasteiger partial charge < -0.3 is 5.73 Å². The van der Waals surface area contributed by atoms with E-state index in [-0.39, 0.29) is 17.3 Å². The lowest BCUT2D eigenvalue weighted by molar-refractivity contribution is 0.0170. The van der Waals surface area contributed by atoms with Gasteiger partial charge in [0.05, 0.1) is 18.0 Å². The van der Waals surface area contributed by atoms with Crippen molar-refractivity contribution in [2.75, 3.05) is 13.1 Å². The van der Waals surface area contributed by atoms with Crippen molar-refractivity contribution in [2.45, 2.75) is 17.7 Å². The number of rotatable bonds is 5. The van der Waals surface area contributed by atoms with E-state index in [4.69, 9.17) is 5.73 Å². The first kappa shape index (κ1) is 18.7. The van der Waals surface area contributed by atoms with Crippen molar-refractivity contribution in [1.82, 2.24) is 4.72 Å². The molecule has 0 saturated carbocycles. The minimum absolute atomic E-state index is 0. The molecule has 0 spiro atoms. The minimum Gasteiger partial charge on any atom is -0.325 e. The third kappa shape index (κ3) is 5.31. The molecule has 0 fully saturated rings. The first-order valence-corrected chi connectivity index (χ1v) is 7.29. The molecule has 3 N–H and O–H groups in total. The average Bonchev–Trinajstić information content (AvgIpc) is 2.30. The van der Waals surface area contributed by atoms with E-state index in [2.05, 4.69) is 15.9 Å². The van der Waals surface area contributed by atoms with Gasteiger partial charge >= 0.3 is 0 Å². The largest absolute Gasteiger partial charge is 0.325 e. The molecule has 0 radical (unpaired) electrons. The molecule has 4 nitrogen and oxygen atoms in total. The van der Waals surface area contributed by atoms with Crippen molar-refractivity contribution in [3.63, 3.8) is 0 Å². The summed E-state index contributed by atoms with van der Waals surface area (Å²) in [5, 5.41) is 0. The third-order valence-corrected chi connectivity index (χ3v) is 4.59. The van der Waals surface area contributed by atoms with Crippen LogP contribution in [-0.4, -0.2) is 27.4 Å². The fraction of sp³-hybridized carbons (Fsp3) is 0.400. The van der Waals surface area contributed by atoms with Crippen molar-refractivity contribution < 1.29 is 17.2 Å². The van der Waals surface area contributed by atoms with Crippen LogP contribution in [0, 0.1) is 6.92 Å². The highest BCUT2D eigenvalue weighted by molar-refractivity contribution is 9.10. The lowest BCUT2D eigenvalue weighted by Gasteiger charge is -2.15. The molecule has 1 rings (SSSR count). The third-order valence-electron chi connectivity index (χ3n) is 2.20. The molecule has 0 aliphatic rings. The van der Waals surface area contributed by atoms with E-state index in [1.807, 2.05) is 4.72 Å². The van der Waals surface area contributed by atoms with E-state index < -0.39 is 29.0 Å². The molecule has 9 heteroatoms. The number of aryl methyl sites for hydroxylation is 1. The first-order valence-electron chi connectivity index (χ1n) is 5.02. The van der Waals surface area contributed by atoms with Crippen molar-refractivity contribution >= 4 is 38.4 Å². The SMILES string of the molecule is Cc1ccc(Br)c(S(=O)(=O)NCC(F)(F)CN)c1.Cl. The summed E-state index contributed by atoms with van der Waals surface area (Å²) >= 11 is 3.07. The highest BCUT2D eigenvalue weighted by Crippen LogP contribution is 2.23. The van der Waals surface area contributed by atoms with Crippen LogP contribution in [0.4, 0.5) is 8.78 Å². The summed E-state index contributed by atoms with van der Waals surface area (Å²) in [7, 11) is -3.99. The molecule has 1 aromatic carbocycles. The van der Waals surface area contributed by atoms with Gasteiger partial charge in [0.2, 0.25) is 10.0 Å². The summed E-state index contributed by atoms with van der Waals surface area (Å²) in [5.74, 6) is -3.26. The summed E-state index contributed by atoms with van der Waals surface area (Å²) in [6, 6.07) is 4.65. The standard InChI is InChI=1S/C10H13BrF2N2O2S.ClH/c1-7-2-3-8(11)9(4-7)18(16,17)15-6-10(12,13)5-14;/h2-4,15H,5-6,14H2,1H3;1H. The van der Waals surface area contributed by atoms with Crippen LogP contribution in [0.1, 0.15) is 5.56 Å². The second-order valence-corrected chi connectivity index (χ2v) is 6.41. The lowest BCUT2D eigenvalue weighted by Crippen LogP contribution is -2.41. The van der Waals surface area contributed by atoms with Crippen LogP contribution in [0.3, 0.4) is 0 Å². The van der Waals surface area contributed by atoms with E-state index in [9.17, 15) is 17.2 Å². The highest BCUT2D eigenvalue weighted by atomic mass is 79.9. The van der Waals surface area contributed by atoms with Gasteiger partial charge in [0.1, 0.15) is 0 Å². The number of alkyl halides is 2. The fourth-order valence-electron chi connectivity index (χ4n) is 1.17. The van der Waals surface area contributed by atoms with E-state index in [0.29, 0.717) is 10.0 Å². The van der Waals surface area contributed by atoms with Crippen molar-refractivity contribution in [3.8, 4) is 0 Å². The smallest absolute Gasteiger partial charge is 0.273 e. The van der Waals surface area contributed by atoms with Crippen molar-refractivity contribution in [2.24, 2.45) is 5.73 Å². The van der Waals surface area contributed by atoms with Gasteiger partial charge in [0.25, 0.3) is 5.92 Å².